The molecule has 0 unspecified atom stereocenters. The van der Waals surface area contributed by atoms with Crippen LogP contribution in [-0.4, -0.2) is 30.2 Å². The molecule has 1 rings (SSSR count). The topological polar surface area (TPSA) is 0 Å². The number of piperidine rings is 1. The van der Waals surface area contributed by atoms with Crippen LogP contribution in [0.2, 0.25) is 0 Å². The van der Waals surface area contributed by atoms with Gasteiger partial charge in [0, 0.05) is 0 Å². The highest BCUT2D eigenvalue weighted by Gasteiger charge is 2.36. The van der Waals surface area contributed by atoms with Crippen molar-refractivity contribution in [3.05, 3.63) is 0 Å². The molecule has 1 nitrogen and oxygen atoms in total. The third kappa shape index (κ3) is 2.59. The molecule has 0 aliphatic carbocycles. The number of likely N-dealkylation sites (tertiary alicyclic amines) is 1. The molecule has 0 N–H and O–H groups in total. The van der Waals surface area contributed by atoms with Crippen molar-refractivity contribution in [3.8, 4) is 0 Å². The summed E-state index contributed by atoms with van der Waals surface area (Å²) in [6.45, 7) is 9.84. The zero-order valence-electron chi connectivity index (χ0n) is 8.86. The molecule has 2 heteroatoms. The van der Waals surface area contributed by atoms with Gasteiger partial charge in [0.1, 0.15) is 0 Å². The van der Waals surface area contributed by atoms with Crippen molar-refractivity contribution in [2.75, 3.05) is 20.1 Å². The highest BCUT2D eigenvalue weighted by molar-refractivity contribution is 4.65. The Morgan fingerprint density at radius 2 is 1.33 bits per heavy atom. The van der Waals surface area contributed by atoms with Gasteiger partial charge in [-0.2, -0.15) is 0 Å². The number of halogens is 1. The number of nitrogens with zero attached hydrogens (tertiary/aromatic N) is 1. The van der Waals surface area contributed by atoms with E-state index in [2.05, 4.69) is 27.8 Å². The van der Waals surface area contributed by atoms with E-state index in [1.54, 1.807) is 0 Å². The second kappa shape index (κ2) is 4.27. The zero-order valence-corrected chi connectivity index (χ0v) is 11.0. The molecule has 0 radical (unpaired) electrons. The molecule has 12 heavy (non-hydrogen) atoms. The Hall–Kier alpha value is 0.690. The molecule has 1 heterocycles. The normalized spacial score (nSPS) is 23.0. The van der Waals surface area contributed by atoms with Crippen LogP contribution in [0, 0.1) is 0 Å². The van der Waals surface area contributed by atoms with E-state index in [4.69, 9.17) is 0 Å². The van der Waals surface area contributed by atoms with Crippen LogP contribution in [0.1, 0.15) is 40.0 Å². The largest absolute Gasteiger partial charge is 1.00 e. The fraction of sp³-hybridized carbons (Fsp3) is 1.00. The van der Waals surface area contributed by atoms with Crippen LogP contribution >= 0.6 is 0 Å². The van der Waals surface area contributed by atoms with Crippen molar-refractivity contribution >= 4 is 0 Å². The maximum atomic E-state index is 2.40. The van der Waals surface area contributed by atoms with Crippen molar-refractivity contribution in [3.63, 3.8) is 0 Å². The predicted octanol–water partition coefficient (Wildman–Crippen LogP) is -0.581. The number of hydrogen-bond acceptors (Lipinski definition) is 0. The summed E-state index contributed by atoms with van der Waals surface area (Å²) in [5.74, 6) is 0. The molecule has 0 saturated carbocycles. The highest BCUT2D eigenvalue weighted by Crippen LogP contribution is 2.27. The molecule has 0 atom stereocenters. The minimum Gasteiger partial charge on any atom is -1.00 e. The third-order valence-electron chi connectivity index (χ3n) is 3.42. The van der Waals surface area contributed by atoms with Gasteiger partial charge in [0.2, 0.25) is 0 Å². The third-order valence-corrected chi connectivity index (χ3v) is 3.42. The summed E-state index contributed by atoms with van der Waals surface area (Å²) in [5.41, 5.74) is 0.445. The van der Waals surface area contributed by atoms with E-state index >= 15 is 0 Å². The van der Waals surface area contributed by atoms with E-state index in [1.165, 1.54) is 36.8 Å². The minimum atomic E-state index is 0. The van der Waals surface area contributed by atoms with Gasteiger partial charge in [-0.3, -0.25) is 0 Å². The van der Waals surface area contributed by atoms with Crippen molar-refractivity contribution in [2.45, 2.75) is 45.6 Å². The SMILES string of the molecule is CC(C)(C)[N+]1(C)CCCCC1.[I-]. The molecule has 1 aliphatic heterocycles. The molecule has 1 aliphatic rings. The molecule has 0 aromatic rings. The Morgan fingerprint density at radius 3 is 1.58 bits per heavy atom. The van der Waals surface area contributed by atoms with Crippen molar-refractivity contribution < 1.29 is 28.5 Å². The van der Waals surface area contributed by atoms with Gasteiger partial charge in [0.05, 0.1) is 25.7 Å². The van der Waals surface area contributed by atoms with Gasteiger partial charge in [0.15, 0.2) is 0 Å². The lowest BCUT2D eigenvalue weighted by Crippen LogP contribution is -3.00. The summed E-state index contributed by atoms with van der Waals surface area (Å²) in [7, 11) is 2.40. The van der Waals surface area contributed by atoms with Crippen LogP contribution in [0.15, 0.2) is 0 Å². The summed E-state index contributed by atoms with van der Waals surface area (Å²) < 4.78 is 1.27. The Kier molecular flexibility index (Phi) is 4.51. The van der Waals surface area contributed by atoms with E-state index in [0.29, 0.717) is 5.54 Å². The van der Waals surface area contributed by atoms with Crippen LogP contribution in [-0.2, 0) is 0 Å². The standard InChI is InChI=1S/C10H22N.HI/c1-10(2,3)11(4)8-6-5-7-9-11;/h5-9H2,1-4H3;1H/q+1;/p-1. The Balaban J connectivity index is 0.00000121. The first kappa shape index (κ1) is 12.7. The first-order valence-corrected chi connectivity index (χ1v) is 4.80. The van der Waals surface area contributed by atoms with Crippen LogP contribution in [0.5, 0.6) is 0 Å². The Bertz CT molecular complexity index is 131. The number of rotatable bonds is 0. The van der Waals surface area contributed by atoms with E-state index in [9.17, 15) is 0 Å². The molecule has 1 saturated heterocycles. The summed E-state index contributed by atoms with van der Waals surface area (Å²) in [6, 6.07) is 0. The lowest BCUT2D eigenvalue weighted by molar-refractivity contribution is -0.957. The number of quaternary nitrogens is 1. The van der Waals surface area contributed by atoms with Crippen LogP contribution in [0.25, 0.3) is 0 Å². The Morgan fingerprint density at radius 1 is 0.917 bits per heavy atom. The van der Waals surface area contributed by atoms with Gasteiger partial charge in [-0.25, -0.2) is 0 Å². The zero-order chi connectivity index (χ0) is 8.54. The quantitative estimate of drug-likeness (QED) is 0.412. The summed E-state index contributed by atoms with van der Waals surface area (Å²) in [6.07, 6.45) is 4.30. The first-order chi connectivity index (χ1) is 4.96. The second-order valence-electron chi connectivity index (χ2n) is 5.07. The molecule has 0 spiro atoms. The van der Waals surface area contributed by atoms with Gasteiger partial charge in [-0.1, -0.05) is 0 Å². The Labute approximate surface area is 94.1 Å². The molecule has 74 valence electrons. The molecule has 0 aromatic heterocycles. The maximum Gasteiger partial charge on any atom is 0.0905 e. The lowest BCUT2D eigenvalue weighted by atomic mass is 9.97. The van der Waals surface area contributed by atoms with E-state index in [-0.39, 0.29) is 24.0 Å². The van der Waals surface area contributed by atoms with Crippen LogP contribution in [0.4, 0.5) is 0 Å². The fourth-order valence-corrected chi connectivity index (χ4v) is 1.88. The van der Waals surface area contributed by atoms with Crippen molar-refractivity contribution in [1.29, 1.82) is 0 Å². The predicted molar refractivity (Wildman–Crippen MR) is 49.5 cm³/mol. The summed E-state index contributed by atoms with van der Waals surface area (Å²) in [4.78, 5) is 0. The van der Waals surface area contributed by atoms with Gasteiger partial charge < -0.3 is 28.5 Å². The first-order valence-electron chi connectivity index (χ1n) is 4.80. The fourth-order valence-electron chi connectivity index (χ4n) is 1.88. The average molecular weight is 283 g/mol. The van der Waals surface area contributed by atoms with Gasteiger partial charge in [-0.05, 0) is 40.0 Å². The monoisotopic (exact) mass is 283 g/mol. The molecule has 0 bridgehead atoms. The lowest BCUT2D eigenvalue weighted by Gasteiger charge is -2.48. The summed E-state index contributed by atoms with van der Waals surface area (Å²) in [5, 5.41) is 0. The molecular formula is C10H22IN. The molecular weight excluding hydrogens is 261 g/mol. The van der Waals surface area contributed by atoms with E-state index < -0.39 is 0 Å². The van der Waals surface area contributed by atoms with Gasteiger partial charge >= 0.3 is 0 Å². The average Bonchev–Trinajstić information content (AvgIpc) is 1.87. The van der Waals surface area contributed by atoms with E-state index in [0.717, 1.165) is 0 Å². The molecule has 1 fully saturated rings. The van der Waals surface area contributed by atoms with Crippen LogP contribution < -0.4 is 24.0 Å². The highest BCUT2D eigenvalue weighted by atomic mass is 127. The number of hydrogen-bond donors (Lipinski definition) is 0. The maximum absolute atomic E-state index is 2.40. The minimum absolute atomic E-state index is 0. The van der Waals surface area contributed by atoms with Crippen LogP contribution in [0.3, 0.4) is 0 Å². The van der Waals surface area contributed by atoms with Crippen molar-refractivity contribution in [1.82, 2.24) is 0 Å². The second-order valence-corrected chi connectivity index (χ2v) is 5.07. The van der Waals surface area contributed by atoms with Crippen molar-refractivity contribution in [2.24, 2.45) is 0 Å². The summed E-state index contributed by atoms with van der Waals surface area (Å²) >= 11 is 0. The smallest absolute Gasteiger partial charge is 0.0905 e. The molecule has 0 amide bonds. The van der Waals surface area contributed by atoms with E-state index in [1.807, 2.05) is 0 Å². The molecule has 0 aromatic carbocycles. The van der Waals surface area contributed by atoms with Gasteiger partial charge in [-0.15, -0.1) is 0 Å². The van der Waals surface area contributed by atoms with Gasteiger partial charge in [0.25, 0.3) is 0 Å².